The molecule has 0 fully saturated rings. The number of methoxy groups -OCH3 is 1. The second-order valence-corrected chi connectivity index (χ2v) is 5.00. The van der Waals surface area contributed by atoms with Gasteiger partial charge in [-0.3, -0.25) is 0 Å². The fourth-order valence-corrected chi connectivity index (χ4v) is 1.88. The summed E-state index contributed by atoms with van der Waals surface area (Å²) in [7, 11) is 1.71. The van der Waals surface area contributed by atoms with E-state index in [1.54, 1.807) is 7.11 Å². The Morgan fingerprint density at radius 1 is 1.15 bits per heavy atom. The lowest BCUT2D eigenvalue weighted by Crippen LogP contribution is -2.19. The number of aryl methyl sites for hydroxylation is 1. The summed E-state index contributed by atoms with van der Waals surface area (Å²) in [5.74, 6) is 0.963. The van der Waals surface area contributed by atoms with E-state index in [4.69, 9.17) is 14.2 Å². The maximum atomic E-state index is 5.88. The Morgan fingerprint density at radius 3 is 2.65 bits per heavy atom. The Balaban J connectivity index is 2.49. The highest BCUT2D eigenvalue weighted by Crippen LogP contribution is 2.23. The van der Waals surface area contributed by atoms with Crippen LogP contribution in [-0.2, 0) is 16.0 Å². The molecule has 20 heavy (non-hydrogen) atoms. The number of rotatable bonds is 10. The monoisotopic (exact) mass is 281 g/mol. The molecule has 1 aromatic rings. The van der Waals surface area contributed by atoms with E-state index in [2.05, 4.69) is 30.4 Å². The molecule has 4 heteroatoms. The maximum absolute atomic E-state index is 5.88. The molecule has 0 radical (unpaired) electrons. The van der Waals surface area contributed by atoms with Crippen LogP contribution in [0.15, 0.2) is 18.2 Å². The molecule has 0 saturated heterocycles. The molecule has 0 aliphatic carbocycles. The molecule has 0 aliphatic heterocycles. The summed E-state index contributed by atoms with van der Waals surface area (Å²) >= 11 is 0. The van der Waals surface area contributed by atoms with Crippen LogP contribution in [0.25, 0.3) is 0 Å². The van der Waals surface area contributed by atoms with Gasteiger partial charge in [0.05, 0.1) is 19.3 Å². The zero-order valence-electron chi connectivity index (χ0n) is 13.1. The number of benzene rings is 1. The summed E-state index contributed by atoms with van der Waals surface area (Å²) in [5.41, 5.74) is 2.33. The topological polar surface area (TPSA) is 39.7 Å². The molecule has 0 unspecified atom stereocenters. The van der Waals surface area contributed by atoms with Crippen LogP contribution < -0.4 is 10.1 Å². The highest BCUT2D eigenvalue weighted by atomic mass is 16.5. The Morgan fingerprint density at radius 2 is 1.95 bits per heavy atom. The molecule has 0 saturated carbocycles. The van der Waals surface area contributed by atoms with Gasteiger partial charge in [0.25, 0.3) is 0 Å². The summed E-state index contributed by atoms with van der Waals surface area (Å²) in [5, 5.41) is 3.34. The van der Waals surface area contributed by atoms with E-state index >= 15 is 0 Å². The van der Waals surface area contributed by atoms with E-state index in [0.717, 1.165) is 24.4 Å². The zero-order valence-corrected chi connectivity index (χ0v) is 13.1. The van der Waals surface area contributed by atoms with Gasteiger partial charge in [0.1, 0.15) is 12.4 Å². The molecule has 0 aliphatic rings. The first-order valence-electron chi connectivity index (χ1n) is 7.17. The van der Waals surface area contributed by atoms with Gasteiger partial charge in [-0.05, 0) is 26.3 Å². The number of hydrogen-bond acceptors (Lipinski definition) is 4. The van der Waals surface area contributed by atoms with Crippen molar-refractivity contribution in [3.05, 3.63) is 29.3 Å². The smallest absolute Gasteiger partial charge is 0.126 e. The van der Waals surface area contributed by atoms with Crippen LogP contribution in [0.2, 0.25) is 0 Å². The van der Waals surface area contributed by atoms with Crippen LogP contribution in [0.4, 0.5) is 0 Å². The average molecular weight is 281 g/mol. The molecule has 1 aromatic carbocycles. The lowest BCUT2D eigenvalue weighted by Gasteiger charge is -2.15. The Bertz CT molecular complexity index is 380. The summed E-state index contributed by atoms with van der Waals surface area (Å²) < 4.78 is 16.4. The molecule has 0 aromatic heterocycles. The van der Waals surface area contributed by atoms with Gasteiger partial charge < -0.3 is 19.5 Å². The van der Waals surface area contributed by atoms with E-state index in [-0.39, 0.29) is 6.10 Å². The van der Waals surface area contributed by atoms with Crippen molar-refractivity contribution in [2.24, 2.45) is 0 Å². The second kappa shape index (κ2) is 9.75. The first kappa shape index (κ1) is 17.0. The van der Waals surface area contributed by atoms with Crippen LogP contribution >= 0.6 is 0 Å². The minimum atomic E-state index is 0.241. The number of ether oxygens (including phenoxy) is 3. The highest BCUT2D eigenvalue weighted by Gasteiger charge is 2.07. The van der Waals surface area contributed by atoms with Gasteiger partial charge in [-0.2, -0.15) is 0 Å². The predicted octanol–water partition coefficient (Wildman–Crippen LogP) is 2.53. The molecule has 0 bridgehead atoms. The third-order valence-electron chi connectivity index (χ3n) is 2.87. The summed E-state index contributed by atoms with van der Waals surface area (Å²) in [6.45, 7) is 9.64. The molecule has 0 amide bonds. The van der Waals surface area contributed by atoms with E-state index < -0.39 is 0 Å². The zero-order chi connectivity index (χ0) is 14.8. The number of nitrogens with one attached hydrogen (secondary N) is 1. The molecule has 0 spiro atoms. The SMILES string of the molecule is COCCNCc1cccc(C)c1OCCOC(C)C. The third-order valence-corrected chi connectivity index (χ3v) is 2.87. The van der Waals surface area contributed by atoms with Gasteiger partial charge in [0, 0.05) is 25.8 Å². The van der Waals surface area contributed by atoms with Crippen molar-refractivity contribution in [3.63, 3.8) is 0 Å². The Labute approximate surface area is 122 Å². The standard InChI is InChI=1S/C16H27NO3/c1-13(2)19-10-11-20-16-14(3)6-5-7-15(16)12-17-8-9-18-4/h5-7,13,17H,8-12H2,1-4H3. The minimum absolute atomic E-state index is 0.241. The van der Waals surface area contributed by atoms with E-state index in [1.165, 1.54) is 5.56 Å². The second-order valence-electron chi connectivity index (χ2n) is 5.00. The normalized spacial score (nSPS) is 11.1. The first-order valence-corrected chi connectivity index (χ1v) is 7.17. The predicted molar refractivity (Wildman–Crippen MR) is 81.3 cm³/mol. The van der Waals surface area contributed by atoms with Crippen molar-refractivity contribution in [1.82, 2.24) is 5.32 Å². The fraction of sp³-hybridized carbons (Fsp3) is 0.625. The van der Waals surface area contributed by atoms with Gasteiger partial charge in [-0.25, -0.2) is 0 Å². The number of hydrogen-bond donors (Lipinski definition) is 1. The van der Waals surface area contributed by atoms with Crippen LogP contribution in [0.1, 0.15) is 25.0 Å². The summed E-state index contributed by atoms with van der Waals surface area (Å²) in [4.78, 5) is 0. The van der Waals surface area contributed by atoms with Gasteiger partial charge in [-0.1, -0.05) is 18.2 Å². The quantitative estimate of drug-likeness (QED) is 0.669. The van der Waals surface area contributed by atoms with E-state index in [0.29, 0.717) is 19.8 Å². The molecule has 0 heterocycles. The molecule has 1 rings (SSSR count). The minimum Gasteiger partial charge on any atom is -0.491 e. The molecule has 114 valence electrons. The van der Waals surface area contributed by atoms with Gasteiger partial charge in [0.15, 0.2) is 0 Å². The average Bonchev–Trinajstić information content (AvgIpc) is 2.41. The van der Waals surface area contributed by atoms with Crippen LogP contribution in [0, 0.1) is 6.92 Å². The third kappa shape index (κ3) is 6.37. The van der Waals surface area contributed by atoms with Gasteiger partial charge >= 0.3 is 0 Å². The van der Waals surface area contributed by atoms with Crippen molar-refractivity contribution < 1.29 is 14.2 Å². The largest absolute Gasteiger partial charge is 0.491 e. The van der Waals surface area contributed by atoms with Crippen molar-refractivity contribution in [2.75, 3.05) is 33.5 Å². The van der Waals surface area contributed by atoms with Crippen molar-refractivity contribution in [1.29, 1.82) is 0 Å². The van der Waals surface area contributed by atoms with E-state index in [1.807, 2.05) is 13.8 Å². The van der Waals surface area contributed by atoms with E-state index in [9.17, 15) is 0 Å². The lowest BCUT2D eigenvalue weighted by atomic mass is 10.1. The van der Waals surface area contributed by atoms with Crippen molar-refractivity contribution >= 4 is 0 Å². The molecule has 4 nitrogen and oxygen atoms in total. The molecular weight excluding hydrogens is 254 g/mol. The first-order chi connectivity index (χ1) is 9.65. The Kier molecular flexibility index (Phi) is 8.26. The van der Waals surface area contributed by atoms with Crippen molar-refractivity contribution in [2.45, 2.75) is 33.4 Å². The molecule has 1 N–H and O–H groups in total. The van der Waals surface area contributed by atoms with Crippen LogP contribution in [-0.4, -0.2) is 39.6 Å². The van der Waals surface area contributed by atoms with Crippen LogP contribution in [0.3, 0.4) is 0 Å². The van der Waals surface area contributed by atoms with Crippen molar-refractivity contribution in [3.8, 4) is 5.75 Å². The maximum Gasteiger partial charge on any atom is 0.126 e. The van der Waals surface area contributed by atoms with Gasteiger partial charge in [-0.15, -0.1) is 0 Å². The van der Waals surface area contributed by atoms with Gasteiger partial charge in [0.2, 0.25) is 0 Å². The van der Waals surface area contributed by atoms with Crippen LogP contribution in [0.5, 0.6) is 5.75 Å². The fourth-order valence-electron chi connectivity index (χ4n) is 1.88. The molecular formula is C16H27NO3. The Hall–Kier alpha value is -1.10. The lowest BCUT2D eigenvalue weighted by molar-refractivity contribution is 0.0549. The highest BCUT2D eigenvalue weighted by molar-refractivity contribution is 5.40. The summed E-state index contributed by atoms with van der Waals surface area (Å²) in [6.07, 6.45) is 0.241. The number of para-hydroxylation sites is 1. The summed E-state index contributed by atoms with van der Waals surface area (Å²) in [6, 6.07) is 6.21. The molecule has 0 atom stereocenters.